The van der Waals surface area contributed by atoms with Crippen LogP contribution in [0.5, 0.6) is 0 Å². The summed E-state index contributed by atoms with van der Waals surface area (Å²) in [5.74, 6) is 0.523. The first-order valence-electron chi connectivity index (χ1n) is 6.41. The molecule has 1 aromatic heterocycles. The van der Waals surface area contributed by atoms with Crippen LogP contribution in [0.15, 0.2) is 5.38 Å². The third-order valence-electron chi connectivity index (χ3n) is 3.32. The van der Waals surface area contributed by atoms with Crippen molar-refractivity contribution in [2.24, 2.45) is 0 Å². The third kappa shape index (κ3) is 3.06. The van der Waals surface area contributed by atoms with E-state index in [0.29, 0.717) is 24.1 Å². The van der Waals surface area contributed by atoms with Crippen LogP contribution in [0.25, 0.3) is 0 Å². The average Bonchev–Trinajstić information content (AvgIpc) is 2.88. The van der Waals surface area contributed by atoms with Crippen LogP contribution in [0.2, 0.25) is 0 Å². The van der Waals surface area contributed by atoms with E-state index in [2.05, 4.69) is 38.4 Å². The Bertz CT molecular complexity index is 364. The number of aromatic nitrogens is 1. The monoisotopic (exact) mass is 254 g/mol. The fourth-order valence-electron chi connectivity index (χ4n) is 2.12. The smallest absolute Gasteiger partial charge is 0.0954 e. The number of ether oxygens (including phenoxy) is 1. The van der Waals surface area contributed by atoms with E-state index in [-0.39, 0.29) is 0 Å². The van der Waals surface area contributed by atoms with Crippen LogP contribution < -0.4 is 5.32 Å². The first kappa shape index (κ1) is 13.0. The van der Waals surface area contributed by atoms with E-state index in [1.165, 1.54) is 5.01 Å². The highest BCUT2D eigenvalue weighted by Gasteiger charge is 2.26. The lowest BCUT2D eigenvalue weighted by atomic mass is 10.1. The lowest BCUT2D eigenvalue weighted by molar-refractivity contribution is 0.111. The Morgan fingerprint density at radius 2 is 2.24 bits per heavy atom. The first-order chi connectivity index (χ1) is 8.08. The number of hydrogen-bond acceptors (Lipinski definition) is 4. The summed E-state index contributed by atoms with van der Waals surface area (Å²) in [7, 11) is 0. The van der Waals surface area contributed by atoms with Crippen LogP contribution in [0.3, 0.4) is 0 Å². The minimum atomic E-state index is 0.313. The van der Waals surface area contributed by atoms with Crippen molar-refractivity contribution in [3.05, 3.63) is 16.1 Å². The van der Waals surface area contributed by atoms with E-state index in [9.17, 15) is 0 Å². The van der Waals surface area contributed by atoms with Gasteiger partial charge in [-0.25, -0.2) is 4.98 Å². The maximum Gasteiger partial charge on any atom is 0.0954 e. The highest BCUT2D eigenvalue weighted by atomic mass is 32.1. The maximum atomic E-state index is 5.57. The lowest BCUT2D eigenvalue weighted by Crippen LogP contribution is -2.36. The zero-order valence-corrected chi connectivity index (χ0v) is 11.9. The van der Waals surface area contributed by atoms with Gasteiger partial charge in [0.15, 0.2) is 0 Å². The van der Waals surface area contributed by atoms with E-state index < -0.39 is 0 Å². The topological polar surface area (TPSA) is 34.2 Å². The summed E-state index contributed by atoms with van der Waals surface area (Å²) in [5, 5.41) is 7.02. The summed E-state index contributed by atoms with van der Waals surface area (Å²) >= 11 is 1.76. The second kappa shape index (κ2) is 5.46. The fourth-order valence-corrected chi connectivity index (χ4v) is 3.05. The van der Waals surface area contributed by atoms with Crippen LogP contribution in [0.4, 0.5) is 0 Å². The second-order valence-electron chi connectivity index (χ2n) is 5.12. The summed E-state index contributed by atoms with van der Waals surface area (Å²) in [5.41, 5.74) is 1.16. The van der Waals surface area contributed by atoms with E-state index in [1.54, 1.807) is 11.3 Å². The van der Waals surface area contributed by atoms with Crippen LogP contribution >= 0.6 is 11.3 Å². The largest absolute Gasteiger partial charge is 0.377 e. The molecule has 1 N–H and O–H groups in total. The van der Waals surface area contributed by atoms with E-state index in [1.807, 2.05) is 0 Å². The van der Waals surface area contributed by atoms with Gasteiger partial charge >= 0.3 is 0 Å². The van der Waals surface area contributed by atoms with Crippen molar-refractivity contribution in [1.82, 2.24) is 10.3 Å². The highest BCUT2D eigenvalue weighted by Crippen LogP contribution is 2.24. The van der Waals surface area contributed by atoms with Crippen LogP contribution in [-0.2, 0) is 4.74 Å². The van der Waals surface area contributed by atoms with Gasteiger partial charge in [-0.05, 0) is 20.3 Å². The molecule has 4 heteroatoms. The summed E-state index contributed by atoms with van der Waals surface area (Å²) < 4.78 is 5.57. The van der Waals surface area contributed by atoms with Gasteiger partial charge < -0.3 is 10.1 Å². The average molecular weight is 254 g/mol. The molecule has 17 heavy (non-hydrogen) atoms. The van der Waals surface area contributed by atoms with E-state index in [0.717, 1.165) is 18.7 Å². The molecule has 0 amide bonds. The van der Waals surface area contributed by atoms with Crippen LogP contribution in [-0.4, -0.2) is 23.7 Å². The van der Waals surface area contributed by atoms with Crippen LogP contribution in [0.1, 0.15) is 56.8 Å². The van der Waals surface area contributed by atoms with Crippen molar-refractivity contribution in [2.45, 2.75) is 58.2 Å². The zero-order chi connectivity index (χ0) is 12.4. The van der Waals surface area contributed by atoms with Crippen molar-refractivity contribution in [2.75, 3.05) is 6.61 Å². The fraction of sp³-hybridized carbons (Fsp3) is 0.769. The molecule has 0 unspecified atom stereocenters. The molecule has 1 saturated heterocycles. The van der Waals surface area contributed by atoms with Crippen molar-refractivity contribution >= 4 is 11.3 Å². The normalized spacial score (nSPS) is 26.6. The number of thiazole rings is 1. The van der Waals surface area contributed by atoms with Crippen molar-refractivity contribution in [3.8, 4) is 0 Å². The Balaban J connectivity index is 1.96. The highest BCUT2D eigenvalue weighted by molar-refractivity contribution is 7.09. The quantitative estimate of drug-likeness (QED) is 0.896. The minimum absolute atomic E-state index is 0.313. The summed E-state index contributed by atoms with van der Waals surface area (Å²) in [6, 6.07) is 0.780. The van der Waals surface area contributed by atoms with Crippen molar-refractivity contribution in [1.29, 1.82) is 0 Å². The molecule has 0 aromatic carbocycles. The van der Waals surface area contributed by atoms with Crippen molar-refractivity contribution in [3.63, 3.8) is 0 Å². The number of rotatable bonds is 4. The first-order valence-corrected chi connectivity index (χ1v) is 7.29. The van der Waals surface area contributed by atoms with Gasteiger partial charge in [0.2, 0.25) is 0 Å². The predicted molar refractivity (Wildman–Crippen MR) is 71.6 cm³/mol. The van der Waals surface area contributed by atoms with Gasteiger partial charge in [0.25, 0.3) is 0 Å². The predicted octanol–water partition coefficient (Wildman–Crippen LogP) is 3.09. The SMILES string of the molecule is CC(C)c1nc([C@H](C)N[C@@H]2CCO[C@H]2C)cs1. The Morgan fingerprint density at radius 1 is 1.47 bits per heavy atom. The molecule has 1 aliphatic heterocycles. The van der Waals surface area contributed by atoms with Gasteiger partial charge in [-0.1, -0.05) is 13.8 Å². The van der Waals surface area contributed by atoms with E-state index in [4.69, 9.17) is 9.72 Å². The van der Waals surface area contributed by atoms with Gasteiger partial charge in [-0.2, -0.15) is 0 Å². The van der Waals surface area contributed by atoms with Crippen molar-refractivity contribution < 1.29 is 4.74 Å². The summed E-state index contributed by atoms with van der Waals surface area (Å²) in [4.78, 5) is 4.69. The molecule has 0 spiro atoms. The lowest BCUT2D eigenvalue weighted by Gasteiger charge is -2.20. The second-order valence-corrected chi connectivity index (χ2v) is 6.01. The minimum Gasteiger partial charge on any atom is -0.377 e. The van der Waals surface area contributed by atoms with E-state index >= 15 is 0 Å². The van der Waals surface area contributed by atoms with Gasteiger partial charge in [-0.3, -0.25) is 0 Å². The van der Waals surface area contributed by atoms with Gasteiger partial charge in [0, 0.05) is 30.0 Å². The Morgan fingerprint density at radius 3 is 2.76 bits per heavy atom. The van der Waals surface area contributed by atoms with Gasteiger partial charge in [0.05, 0.1) is 16.8 Å². The standard InChI is InChI=1S/C13H22N2OS/c1-8(2)13-15-12(7-17-13)9(3)14-11-5-6-16-10(11)4/h7-11,14H,5-6H2,1-4H3/t9-,10-,11+/m0/s1. The van der Waals surface area contributed by atoms with Gasteiger partial charge in [-0.15, -0.1) is 11.3 Å². The molecule has 1 aromatic rings. The molecule has 1 aliphatic rings. The Kier molecular flexibility index (Phi) is 4.17. The summed E-state index contributed by atoms with van der Waals surface area (Å²) in [6.45, 7) is 9.57. The maximum absolute atomic E-state index is 5.57. The zero-order valence-electron chi connectivity index (χ0n) is 11.1. The number of nitrogens with one attached hydrogen (secondary N) is 1. The number of nitrogens with zero attached hydrogens (tertiary/aromatic N) is 1. The molecule has 0 radical (unpaired) electrons. The third-order valence-corrected chi connectivity index (χ3v) is 4.48. The molecular weight excluding hydrogens is 232 g/mol. The Labute approximate surface area is 108 Å². The van der Waals surface area contributed by atoms with Gasteiger partial charge in [0.1, 0.15) is 0 Å². The molecule has 96 valence electrons. The molecule has 2 heterocycles. The molecule has 3 atom stereocenters. The summed E-state index contributed by atoms with van der Waals surface area (Å²) in [6.07, 6.45) is 1.42. The molecule has 3 nitrogen and oxygen atoms in total. The Hall–Kier alpha value is -0.450. The van der Waals surface area contributed by atoms with Crippen LogP contribution in [0, 0.1) is 0 Å². The number of hydrogen-bond donors (Lipinski definition) is 1. The molecule has 0 saturated carbocycles. The molecule has 1 fully saturated rings. The molecule has 2 rings (SSSR count). The molecule has 0 aliphatic carbocycles. The molecular formula is C13H22N2OS. The molecule has 0 bridgehead atoms.